The van der Waals surface area contributed by atoms with Gasteiger partial charge in [-0.3, -0.25) is 0 Å². The predicted octanol–water partition coefficient (Wildman–Crippen LogP) is 1.19. The smallest absolute Gasteiger partial charge is 0.101 e. The molecule has 1 rings (SSSR count). The van der Waals surface area contributed by atoms with E-state index in [9.17, 15) is 0 Å². The molecular weight excluding hydrogens is 188 g/mol. The molecule has 3 N–H and O–H groups in total. The summed E-state index contributed by atoms with van der Waals surface area (Å²) in [6.07, 6.45) is 0.877. The van der Waals surface area contributed by atoms with Gasteiger partial charge in [-0.2, -0.15) is 10.5 Å². The number of nitrogens with two attached hydrogens (primary N) is 1. The highest BCUT2D eigenvalue weighted by molar-refractivity contribution is 5.56. The van der Waals surface area contributed by atoms with Gasteiger partial charge in [0.1, 0.15) is 12.1 Å². The minimum atomic E-state index is 0.398. The van der Waals surface area contributed by atoms with Crippen LogP contribution in [0.2, 0.25) is 0 Å². The summed E-state index contributed by atoms with van der Waals surface area (Å²) in [7, 11) is 0. The molecule has 0 saturated heterocycles. The summed E-state index contributed by atoms with van der Waals surface area (Å²) < 4.78 is 0. The van der Waals surface area contributed by atoms with Crippen LogP contribution in [0.3, 0.4) is 0 Å². The number of hydrogen-bond acceptors (Lipinski definition) is 4. The molecule has 0 bridgehead atoms. The molecule has 0 saturated carbocycles. The molecule has 1 aromatic rings. The van der Waals surface area contributed by atoms with Crippen molar-refractivity contribution < 1.29 is 0 Å². The SMILES string of the molecule is N#Cc1ccc(NCCCN)cc1C#N. The summed E-state index contributed by atoms with van der Waals surface area (Å²) >= 11 is 0. The fourth-order valence-electron chi connectivity index (χ4n) is 1.18. The standard InChI is InChI=1S/C11H12N4/c12-4-1-5-15-11-3-2-9(7-13)10(6-11)8-14/h2-3,6,15H,1,4-5,12H2. The Bertz CT molecular complexity index is 412. The Morgan fingerprint density at radius 3 is 2.53 bits per heavy atom. The van der Waals surface area contributed by atoms with E-state index in [1.807, 2.05) is 12.1 Å². The molecule has 0 unspecified atom stereocenters. The van der Waals surface area contributed by atoms with Crippen molar-refractivity contribution in [1.82, 2.24) is 0 Å². The zero-order chi connectivity index (χ0) is 11.1. The monoisotopic (exact) mass is 200 g/mol. The zero-order valence-corrected chi connectivity index (χ0v) is 8.33. The summed E-state index contributed by atoms with van der Waals surface area (Å²) in [5.41, 5.74) is 7.01. The molecule has 4 nitrogen and oxygen atoms in total. The van der Waals surface area contributed by atoms with E-state index in [-0.39, 0.29) is 0 Å². The third-order valence-electron chi connectivity index (χ3n) is 1.97. The van der Waals surface area contributed by atoms with Crippen LogP contribution in [0.1, 0.15) is 17.5 Å². The van der Waals surface area contributed by atoms with Crippen LogP contribution in [-0.2, 0) is 0 Å². The number of nitrogens with one attached hydrogen (secondary N) is 1. The molecule has 0 aromatic heterocycles. The van der Waals surface area contributed by atoms with Gasteiger partial charge in [-0.25, -0.2) is 0 Å². The molecule has 0 amide bonds. The predicted molar refractivity (Wildman–Crippen MR) is 58.0 cm³/mol. The number of nitrogens with zero attached hydrogens (tertiary/aromatic N) is 2. The Kier molecular flexibility index (Phi) is 4.15. The minimum absolute atomic E-state index is 0.398. The van der Waals surface area contributed by atoms with Crippen molar-refractivity contribution >= 4 is 5.69 Å². The molecule has 1 aromatic carbocycles. The second-order valence-electron chi connectivity index (χ2n) is 3.05. The molecule has 0 atom stereocenters. The van der Waals surface area contributed by atoms with Gasteiger partial charge in [0.25, 0.3) is 0 Å². The lowest BCUT2D eigenvalue weighted by Crippen LogP contribution is -2.08. The van der Waals surface area contributed by atoms with Gasteiger partial charge in [0.2, 0.25) is 0 Å². The normalized spacial score (nSPS) is 9.00. The second-order valence-corrected chi connectivity index (χ2v) is 3.05. The topological polar surface area (TPSA) is 85.6 Å². The molecule has 0 aliphatic heterocycles. The number of rotatable bonds is 4. The van der Waals surface area contributed by atoms with Crippen LogP contribution in [0.4, 0.5) is 5.69 Å². The van der Waals surface area contributed by atoms with Gasteiger partial charge in [0.05, 0.1) is 11.1 Å². The fourth-order valence-corrected chi connectivity index (χ4v) is 1.18. The fraction of sp³-hybridized carbons (Fsp3) is 0.273. The van der Waals surface area contributed by atoms with E-state index in [2.05, 4.69) is 5.32 Å². The first-order valence-corrected chi connectivity index (χ1v) is 4.70. The molecule has 0 heterocycles. The van der Waals surface area contributed by atoms with Crippen molar-refractivity contribution in [2.45, 2.75) is 6.42 Å². The van der Waals surface area contributed by atoms with Gasteiger partial charge in [0.15, 0.2) is 0 Å². The molecular formula is C11H12N4. The number of benzene rings is 1. The minimum Gasteiger partial charge on any atom is -0.385 e. The number of anilines is 1. The average Bonchev–Trinajstić information content (AvgIpc) is 2.29. The lowest BCUT2D eigenvalue weighted by atomic mass is 10.1. The highest BCUT2D eigenvalue weighted by Gasteiger charge is 2.01. The second kappa shape index (κ2) is 5.64. The summed E-state index contributed by atoms with van der Waals surface area (Å²) in [4.78, 5) is 0. The van der Waals surface area contributed by atoms with Gasteiger partial charge in [-0.1, -0.05) is 0 Å². The van der Waals surface area contributed by atoms with E-state index in [1.54, 1.807) is 18.2 Å². The van der Waals surface area contributed by atoms with Crippen LogP contribution in [0, 0.1) is 22.7 Å². The van der Waals surface area contributed by atoms with Crippen LogP contribution in [0.5, 0.6) is 0 Å². The summed E-state index contributed by atoms with van der Waals surface area (Å²) in [5.74, 6) is 0. The maximum Gasteiger partial charge on any atom is 0.101 e. The maximum absolute atomic E-state index is 8.80. The molecule has 0 aliphatic rings. The Morgan fingerprint density at radius 1 is 1.20 bits per heavy atom. The lowest BCUT2D eigenvalue weighted by molar-refractivity contribution is 0.874. The van der Waals surface area contributed by atoms with Crippen molar-refractivity contribution in [2.24, 2.45) is 5.73 Å². The molecule has 4 heteroatoms. The summed E-state index contributed by atoms with van der Waals surface area (Å²) in [6, 6.07) is 9.07. The Hall–Kier alpha value is -2.04. The van der Waals surface area contributed by atoms with Gasteiger partial charge in [-0.15, -0.1) is 0 Å². The van der Waals surface area contributed by atoms with Crippen molar-refractivity contribution in [2.75, 3.05) is 18.4 Å². The molecule has 0 aliphatic carbocycles. The van der Waals surface area contributed by atoms with E-state index in [0.29, 0.717) is 17.7 Å². The first kappa shape index (κ1) is 11.0. The first-order chi connectivity index (χ1) is 7.31. The molecule has 0 spiro atoms. The molecule has 0 radical (unpaired) electrons. The van der Waals surface area contributed by atoms with Crippen LogP contribution in [-0.4, -0.2) is 13.1 Å². The number of nitriles is 2. The largest absolute Gasteiger partial charge is 0.385 e. The Balaban J connectivity index is 2.77. The maximum atomic E-state index is 8.80. The summed E-state index contributed by atoms with van der Waals surface area (Å²) in [5, 5.41) is 20.6. The van der Waals surface area contributed by atoms with Crippen molar-refractivity contribution in [1.29, 1.82) is 10.5 Å². The lowest BCUT2D eigenvalue weighted by Gasteiger charge is -2.05. The van der Waals surface area contributed by atoms with E-state index >= 15 is 0 Å². The van der Waals surface area contributed by atoms with Crippen LogP contribution < -0.4 is 11.1 Å². The van der Waals surface area contributed by atoms with Crippen LogP contribution >= 0.6 is 0 Å². The van der Waals surface area contributed by atoms with Crippen LogP contribution in [0.15, 0.2) is 18.2 Å². The van der Waals surface area contributed by atoms with Gasteiger partial charge < -0.3 is 11.1 Å². The van der Waals surface area contributed by atoms with E-state index < -0.39 is 0 Å². The zero-order valence-electron chi connectivity index (χ0n) is 8.33. The van der Waals surface area contributed by atoms with Gasteiger partial charge in [-0.05, 0) is 31.2 Å². The summed E-state index contributed by atoms with van der Waals surface area (Å²) in [6.45, 7) is 1.40. The Morgan fingerprint density at radius 2 is 1.93 bits per heavy atom. The van der Waals surface area contributed by atoms with Gasteiger partial charge >= 0.3 is 0 Å². The average molecular weight is 200 g/mol. The van der Waals surface area contributed by atoms with E-state index in [0.717, 1.165) is 18.7 Å². The van der Waals surface area contributed by atoms with Crippen LogP contribution in [0.25, 0.3) is 0 Å². The third kappa shape index (κ3) is 2.98. The number of hydrogen-bond donors (Lipinski definition) is 2. The molecule has 15 heavy (non-hydrogen) atoms. The molecule has 0 fully saturated rings. The van der Waals surface area contributed by atoms with Crippen molar-refractivity contribution in [3.8, 4) is 12.1 Å². The molecule has 76 valence electrons. The first-order valence-electron chi connectivity index (χ1n) is 4.70. The van der Waals surface area contributed by atoms with Crippen molar-refractivity contribution in [3.63, 3.8) is 0 Å². The van der Waals surface area contributed by atoms with E-state index in [4.69, 9.17) is 16.3 Å². The quantitative estimate of drug-likeness (QED) is 0.715. The highest BCUT2D eigenvalue weighted by atomic mass is 14.9. The van der Waals surface area contributed by atoms with E-state index in [1.165, 1.54) is 0 Å². The van der Waals surface area contributed by atoms with Crippen molar-refractivity contribution in [3.05, 3.63) is 29.3 Å². The third-order valence-corrected chi connectivity index (χ3v) is 1.97. The Labute approximate surface area is 88.9 Å². The van der Waals surface area contributed by atoms with Gasteiger partial charge in [0, 0.05) is 12.2 Å². The highest BCUT2D eigenvalue weighted by Crippen LogP contribution is 2.14.